The molecule has 0 aliphatic carbocycles. The molecule has 0 spiro atoms. The summed E-state index contributed by atoms with van der Waals surface area (Å²) in [6.07, 6.45) is 0.626. The highest BCUT2D eigenvalue weighted by Gasteiger charge is 2.17. The fraction of sp³-hybridized carbons (Fsp3) is 0.455. The number of benzene rings is 1. The van der Waals surface area contributed by atoms with Gasteiger partial charge in [0.2, 0.25) is 5.82 Å². The maximum absolute atomic E-state index is 13.7. The smallest absolute Gasteiger partial charge is 0.305 e. The van der Waals surface area contributed by atoms with Crippen molar-refractivity contribution in [2.75, 3.05) is 6.61 Å². The van der Waals surface area contributed by atoms with Crippen LogP contribution in [0.5, 0.6) is 0 Å². The van der Waals surface area contributed by atoms with Crippen LogP contribution in [0.4, 0.5) is 10.1 Å². The van der Waals surface area contributed by atoms with E-state index in [1.165, 1.54) is 17.8 Å². The molecule has 0 bridgehead atoms. The highest BCUT2D eigenvalue weighted by atomic mass is 32.2. The van der Waals surface area contributed by atoms with Crippen LogP contribution < -0.4 is 0 Å². The summed E-state index contributed by atoms with van der Waals surface area (Å²) < 4.78 is 13.7. The molecule has 0 aliphatic rings. The molecule has 0 amide bonds. The number of aliphatic hydroxyl groups excluding tert-OH is 1. The monoisotopic (exact) mass is 259 g/mol. The number of halogens is 1. The third kappa shape index (κ3) is 3.98. The number of thioether (sulfide) groups is 1. The van der Waals surface area contributed by atoms with Gasteiger partial charge in [-0.3, -0.25) is 10.1 Å². The zero-order valence-corrected chi connectivity index (χ0v) is 10.2. The van der Waals surface area contributed by atoms with E-state index in [0.29, 0.717) is 17.7 Å². The van der Waals surface area contributed by atoms with Crippen LogP contribution in [0, 0.1) is 15.9 Å². The minimum absolute atomic E-state index is 0.0889. The summed E-state index contributed by atoms with van der Waals surface area (Å²) in [5.74, 6) is -0.393. The predicted octanol–water partition coefficient (Wildman–Crippen LogP) is 2.74. The Labute approximate surface area is 103 Å². The van der Waals surface area contributed by atoms with Crippen LogP contribution in [-0.4, -0.2) is 21.9 Å². The molecular formula is C11H14FNO3S. The largest absolute Gasteiger partial charge is 0.396 e. The average molecular weight is 259 g/mol. The Hall–Kier alpha value is -1.14. The lowest BCUT2D eigenvalue weighted by Crippen LogP contribution is -2.02. The normalized spacial score (nSPS) is 12.4. The van der Waals surface area contributed by atoms with Crippen LogP contribution >= 0.6 is 11.8 Å². The number of aliphatic hydroxyl groups is 1. The minimum atomic E-state index is -0.763. The molecular weight excluding hydrogens is 245 g/mol. The Balaban J connectivity index is 2.72. The van der Waals surface area contributed by atoms with Crippen molar-refractivity contribution in [3.63, 3.8) is 0 Å². The summed E-state index contributed by atoms with van der Waals surface area (Å²) in [5, 5.41) is 19.5. The van der Waals surface area contributed by atoms with E-state index in [0.717, 1.165) is 6.07 Å². The number of nitro groups is 1. The minimum Gasteiger partial charge on any atom is -0.396 e. The van der Waals surface area contributed by atoms with Crippen molar-refractivity contribution in [2.24, 2.45) is 0 Å². The first-order chi connectivity index (χ1) is 8.06. The Bertz CT molecular complexity index is 400. The highest BCUT2D eigenvalue weighted by Crippen LogP contribution is 2.26. The third-order valence-electron chi connectivity index (χ3n) is 2.31. The number of nitro benzene ring substituents is 1. The van der Waals surface area contributed by atoms with Gasteiger partial charge in [-0.25, -0.2) is 0 Å². The van der Waals surface area contributed by atoms with Crippen molar-refractivity contribution < 1.29 is 14.4 Å². The van der Waals surface area contributed by atoms with E-state index >= 15 is 0 Å². The van der Waals surface area contributed by atoms with Gasteiger partial charge in [-0.1, -0.05) is 19.1 Å². The van der Waals surface area contributed by atoms with Gasteiger partial charge in [0.05, 0.1) is 4.92 Å². The van der Waals surface area contributed by atoms with Crippen molar-refractivity contribution in [3.8, 4) is 0 Å². The second kappa shape index (κ2) is 6.56. The van der Waals surface area contributed by atoms with Gasteiger partial charge in [0.1, 0.15) is 0 Å². The van der Waals surface area contributed by atoms with Gasteiger partial charge in [0.25, 0.3) is 0 Å². The second-order valence-corrected chi connectivity index (χ2v) is 5.07. The molecule has 0 saturated heterocycles. The molecule has 0 radical (unpaired) electrons. The van der Waals surface area contributed by atoms with E-state index in [1.54, 1.807) is 6.07 Å². The quantitative estimate of drug-likeness (QED) is 0.630. The molecule has 0 saturated carbocycles. The van der Waals surface area contributed by atoms with Crippen molar-refractivity contribution in [3.05, 3.63) is 39.7 Å². The van der Waals surface area contributed by atoms with Crippen LogP contribution in [0.15, 0.2) is 18.2 Å². The Morgan fingerprint density at radius 1 is 1.59 bits per heavy atom. The van der Waals surface area contributed by atoms with Crippen molar-refractivity contribution >= 4 is 17.4 Å². The molecule has 4 nitrogen and oxygen atoms in total. The van der Waals surface area contributed by atoms with Crippen LogP contribution in [0.2, 0.25) is 0 Å². The standard InChI is InChI=1S/C11H14FNO3S/c1-8(5-6-14)17-7-9-3-2-4-10(11(9)12)13(15)16/h2-4,8,14H,5-7H2,1H3. The van der Waals surface area contributed by atoms with Gasteiger partial charge >= 0.3 is 5.69 Å². The lowest BCUT2D eigenvalue weighted by molar-refractivity contribution is -0.387. The molecule has 1 aromatic rings. The fourth-order valence-corrected chi connectivity index (χ4v) is 2.27. The van der Waals surface area contributed by atoms with Crippen LogP contribution in [0.3, 0.4) is 0 Å². The van der Waals surface area contributed by atoms with Gasteiger partial charge in [-0.15, -0.1) is 0 Å². The van der Waals surface area contributed by atoms with Gasteiger partial charge in [0.15, 0.2) is 0 Å². The SMILES string of the molecule is CC(CCO)SCc1cccc([N+](=O)[O-])c1F. The molecule has 1 unspecified atom stereocenters. The Kier molecular flexibility index (Phi) is 5.37. The molecule has 1 aromatic carbocycles. The van der Waals surface area contributed by atoms with Crippen LogP contribution in [0.1, 0.15) is 18.9 Å². The zero-order valence-electron chi connectivity index (χ0n) is 9.43. The predicted molar refractivity (Wildman–Crippen MR) is 65.5 cm³/mol. The summed E-state index contributed by atoms with van der Waals surface area (Å²) in [6, 6.07) is 4.18. The van der Waals surface area contributed by atoms with E-state index < -0.39 is 16.4 Å². The van der Waals surface area contributed by atoms with E-state index in [-0.39, 0.29) is 11.9 Å². The number of hydrogen-bond donors (Lipinski definition) is 1. The van der Waals surface area contributed by atoms with E-state index in [9.17, 15) is 14.5 Å². The molecule has 1 rings (SSSR count). The molecule has 0 aliphatic heterocycles. The summed E-state index contributed by atoms with van der Waals surface area (Å²) in [7, 11) is 0. The van der Waals surface area contributed by atoms with E-state index in [4.69, 9.17) is 5.11 Å². The first kappa shape index (κ1) is 13.9. The molecule has 1 N–H and O–H groups in total. The van der Waals surface area contributed by atoms with Gasteiger partial charge in [-0.2, -0.15) is 16.2 Å². The van der Waals surface area contributed by atoms with E-state index in [2.05, 4.69) is 0 Å². The average Bonchev–Trinajstić information content (AvgIpc) is 2.27. The second-order valence-electron chi connectivity index (χ2n) is 3.64. The first-order valence-electron chi connectivity index (χ1n) is 5.20. The zero-order chi connectivity index (χ0) is 12.8. The highest BCUT2D eigenvalue weighted by molar-refractivity contribution is 7.99. The summed E-state index contributed by atoms with van der Waals surface area (Å²) in [5.41, 5.74) is -0.160. The lowest BCUT2D eigenvalue weighted by atomic mass is 10.2. The Morgan fingerprint density at radius 2 is 2.29 bits per heavy atom. The van der Waals surface area contributed by atoms with Gasteiger partial charge in [0, 0.05) is 29.2 Å². The van der Waals surface area contributed by atoms with Gasteiger partial charge in [-0.05, 0) is 6.42 Å². The van der Waals surface area contributed by atoms with Crippen LogP contribution in [0.25, 0.3) is 0 Å². The number of nitrogens with zero attached hydrogens (tertiary/aromatic N) is 1. The van der Waals surface area contributed by atoms with Crippen molar-refractivity contribution in [1.82, 2.24) is 0 Å². The molecule has 0 fully saturated rings. The summed E-state index contributed by atoms with van der Waals surface area (Å²) >= 11 is 1.47. The maximum Gasteiger partial charge on any atom is 0.305 e. The third-order valence-corrected chi connectivity index (χ3v) is 3.60. The molecule has 1 atom stereocenters. The summed E-state index contributed by atoms with van der Waals surface area (Å²) in [4.78, 5) is 9.82. The molecule has 0 aromatic heterocycles. The van der Waals surface area contributed by atoms with Gasteiger partial charge < -0.3 is 5.11 Å². The topological polar surface area (TPSA) is 63.4 Å². The maximum atomic E-state index is 13.7. The molecule has 94 valence electrons. The van der Waals surface area contributed by atoms with Crippen molar-refractivity contribution in [2.45, 2.75) is 24.3 Å². The van der Waals surface area contributed by atoms with E-state index in [1.807, 2.05) is 6.92 Å². The molecule has 17 heavy (non-hydrogen) atoms. The molecule has 6 heteroatoms. The van der Waals surface area contributed by atoms with Crippen molar-refractivity contribution in [1.29, 1.82) is 0 Å². The Morgan fingerprint density at radius 3 is 2.88 bits per heavy atom. The summed E-state index contributed by atoms with van der Waals surface area (Å²) in [6.45, 7) is 2.02. The van der Waals surface area contributed by atoms with Crippen LogP contribution in [-0.2, 0) is 5.75 Å². The lowest BCUT2D eigenvalue weighted by Gasteiger charge is -2.09. The molecule has 0 heterocycles. The number of hydrogen-bond acceptors (Lipinski definition) is 4. The number of rotatable bonds is 6. The first-order valence-corrected chi connectivity index (χ1v) is 6.25. The fourth-order valence-electron chi connectivity index (χ4n) is 1.32.